The van der Waals surface area contributed by atoms with Crippen LogP contribution >= 0.6 is 22.9 Å². The maximum absolute atomic E-state index is 12.8. The van der Waals surface area contributed by atoms with E-state index in [-0.39, 0.29) is 36.7 Å². The fourth-order valence-corrected chi connectivity index (χ4v) is 4.13. The molecule has 10 heteroatoms. The summed E-state index contributed by atoms with van der Waals surface area (Å²) in [7, 11) is 3.94. The second-order valence-corrected chi connectivity index (χ2v) is 8.54. The molecule has 0 saturated carbocycles. The van der Waals surface area contributed by atoms with Gasteiger partial charge >= 0.3 is 0 Å². The number of aliphatic hydroxyl groups is 1. The molecule has 0 spiro atoms. The molecule has 2 heterocycles. The number of halogens is 1. The van der Waals surface area contributed by atoms with Crippen LogP contribution in [0.3, 0.4) is 0 Å². The fourth-order valence-electron chi connectivity index (χ4n) is 3.14. The molecule has 0 aromatic rings. The van der Waals surface area contributed by atoms with Gasteiger partial charge in [-0.2, -0.15) is 0 Å². The van der Waals surface area contributed by atoms with Crippen molar-refractivity contribution >= 4 is 44.5 Å². The first-order valence-electron chi connectivity index (χ1n) is 8.47. The van der Waals surface area contributed by atoms with Crippen LogP contribution in [0.2, 0.25) is 0 Å². The Morgan fingerprint density at radius 1 is 1.21 bits per heavy atom. The van der Waals surface area contributed by atoms with Crippen LogP contribution < -0.4 is 0 Å². The van der Waals surface area contributed by atoms with Crippen molar-refractivity contribution in [3.8, 4) is 0 Å². The summed E-state index contributed by atoms with van der Waals surface area (Å²) in [6.45, 7) is 6.46. The molecule has 2 saturated heterocycles. The Kier molecular flexibility index (Phi) is 7.39. The van der Waals surface area contributed by atoms with E-state index in [0.717, 1.165) is 13.1 Å². The number of amides is 1. The van der Waals surface area contributed by atoms with Gasteiger partial charge in [0.25, 0.3) is 5.91 Å². The highest BCUT2D eigenvalue weighted by atomic mass is 127. The minimum absolute atomic E-state index is 0.0356. The highest BCUT2D eigenvalue weighted by Crippen LogP contribution is 2.20. The summed E-state index contributed by atoms with van der Waals surface area (Å²) >= 11 is 2.29. The summed E-state index contributed by atoms with van der Waals surface area (Å²) in [5, 5.41) is 9.32. The quantitative estimate of drug-likeness (QED) is 0.295. The van der Waals surface area contributed by atoms with Crippen molar-refractivity contribution in [3.63, 3.8) is 0 Å². The van der Waals surface area contributed by atoms with Gasteiger partial charge in [0, 0.05) is 61.1 Å². The number of aliphatic hydroxyl groups excluding tert-OH is 1. The molecular weight excluding hydrogens is 425 g/mol. The molecule has 4 unspecified atom stereocenters. The largest absolute Gasteiger partial charge is 0.394 e. The third kappa shape index (κ3) is 5.57. The molecule has 7 nitrogen and oxygen atoms in total. The van der Waals surface area contributed by atoms with E-state index in [1.807, 2.05) is 15.7 Å². The van der Waals surface area contributed by atoms with Gasteiger partial charge in [0.1, 0.15) is 21.3 Å². The molecule has 0 aromatic heterocycles. The molecule has 0 radical (unpaired) electrons. The first-order valence-corrected chi connectivity index (χ1v) is 9.43. The Balaban J connectivity index is 1.90. The van der Waals surface area contributed by atoms with E-state index in [9.17, 15) is 9.90 Å². The molecule has 24 heavy (non-hydrogen) atoms. The summed E-state index contributed by atoms with van der Waals surface area (Å²) in [6.07, 6.45) is -0.366. The zero-order chi connectivity index (χ0) is 17.9. The molecule has 4 atom stereocenters. The predicted molar refractivity (Wildman–Crippen MR) is 104 cm³/mol. The van der Waals surface area contributed by atoms with Gasteiger partial charge < -0.3 is 24.2 Å². The summed E-state index contributed by atoms with van der Waals surface area (Å²) in [5.74, 6) is -0.0775. The average Bonchev–Trinajstić information content (AvgIpc) is 2.50. The molecule has 2 aliphatic rings. The zero-order valence-electron chi connectivity index (χ0n) is 14.9. The second-order valence-electron chi connectivity index (χ2n) is 7.18. The molecule has 0 aliphatic carbocycles. The summed E-state index contributed by atoms with van der Waals surface area (Å²) in [6, 6.07) is 0.0687. The molecule has 1 N–H and O–H groups in total. The lowest BCUT2D eigenvalue weighted by atomic mass is 9.96. The minimum atomic E-state index is -0.933. The van der Waals surface area contributed by atoms with Crippen molar-refractivity contribution in [1.82, 2.24) is 8.01 Å². The predicted octanol–water partition coefficient (Wildman–Crippen LogP) is -2.03. The molecular formula is C14H27B2IN2O5. The van der Waals surface area contributed by atoms with E-state index in [4.69, 9.17) is 14.2 Å². The topological polar surface area (TPSA) is 71.5 Å². The van der Waals surface area contributed by atoms with Gasteiger partial charge in [-0.3, -0.25) is 4.79 Å². The van der Waals surface area contributed by atoms with Crippen molar-refractivity contribution in [2.45, 2.75) is 43.7 Å². The van der Waals surface area contributed by atoms with Crippen LogP contribution in [0.25, 0.3) is 0 Å². The average molecular weight is 452 g/mol. The molecule has 1 amide bonds. The van der Waals surface area contributed by atoms with Crippen molar-refractivity contribution in [1.29, 1.82) is 0 Å². The lowest BCUT2D eigenvalue weighted by Crippen LogP contribution is -2.57. The van der Waals surface area contributed by atoms with E-state index in [2.05, 4.69) is 26.0 Å². The number of ether oxygens (including phenoxy) is 3. The Bertz CT molecular complexity index is 435. The van der Waals surface area contributed by atoms with Gasteiger partial charge in [0.15, 0.2) is 0 Å². The van der Waals surface area contributed by atoms with E-state index in [1.54, 1.807) is 18.7 Å². The van der Waals surface area contributed by atoms with Crippen LogP contribution in [0.15, 0.2) is 0 Å². The van der Waals surface area contributed by atoms with Crippen LogP contribution in [0, 0.1) is 0 Å². The number of hydrogen-bond donors (Lipinski definition) is 1. The van der Waals surface area contributed by atoms with E-state index >= 15 is 0 Å². The monoisotopic (exact) mass is 452 g/mol. The van der Waals surface area contributed by atoms with Gasteiger partial charge in [-0.1, -0.05) is 0 Å². The highest BCUT2D eigenvalue weighted by Gasteiger charge is 2.38. The summed E-state index contributed by atoms with van der Waals surface area (Å²) in [5.41, 5.74) is -0.933. The number of morpholine rings is 2. The number of nitrogens with zero attached hydrogens (tertiary/aromatic N) is 2. The molecule has 0 bridgehead atoms. The molecule has 0 aromatic carbocycles. The first kappa shape index (κ1) is 20.4. The van der Waals surface area contributed by atoms with Gasteiger partial charge in [0.2, 0.25) is 0 Å². The van der Waals surface area contributed by atoms with Gasteiger partial charge in [-0.25, -0.2) is 3.11 Å². The molecule has 2 rings (SSSR count). The Morgan fingerprint density at radius 2 is 1.83 bits per heavy atom. The van der Waals surface area contributed by atoms with E-state index < -0.39 is 5.60 Å². The van der Waals surface area contributed by atoms with Crippen LogP contribution in [-0.4, -0.2) is 104 Å². The van der Waals surface area contributed by atoms with Gasteiger partial charge in [0.05, 0.1) is 25.4 Å². The van der Waals surface area contributed by atoms with Gasteiger partial charge in [-0.15, -0.1) is 0 Å². The zero-order valence-corrected chi connectivity index (χ0v) is 17.1. The smallest absolute Gasteiger partial charge is 0.254 e. The minimum Gasteiger partial charge on any atom is -0.394 e. The standard InChI is InChI=1S/C14H27B2IN2O5/c1-14(2,22-8-10-4-19(17)6-12(16)24-10)13(21)18-3-9(7-20)23-11(15)5-18/h9-12,20H,3-8,15-16H2,1-2H3. The van der Waals surface area contributed by atoms with Gasteiger partial charge in [-0.05, 0) is 13.8 Å². The van der Waals surface area contributed by atoms with Crippen LogP contribution in [-0.2, 0) is 19.0 Å². The van der Waals surface area contributed by atoms with Crippen molar-refractivity contribution in [2.24, 2.45) is 0 Å². The van der Waals surface area contributed by atoms with E-state index in [1.165, 1.54) is 0 Å². The summed E-state index contributed by atoms with van der Waals surface area (Å²) < 4.78 is 19.6. The SMILES string of the molecule is BC1CN(I)CC(COC(C)(C)C(=O)N2CC(B)OC(CO)C2)O1. The first-order chi connectivity index (χ1) is 11.2. The lowest BCUT2D eigenvalue weighted by Gasteiger charge is -2.40. The number of hydrogen-bond acceptors (Lipinski definition) is 6. The van der Waals surface area contributed by atoms with Crippen molar-refractivity contribution in [3.05, 3.63) is 0 Å². The molecule has 136 valence electrons. The third-order valence-corrected chi connectivity index (χ3v) is 5.03. The number of carbonyl (C=O) groups is 1. The van der Waals surface area contributed by atoms with Crippen LogP contribution in [0.1, 0.15) is 13.8 Å². The maximum atomic E-state index is 12.8. The number of carbonyl (C=O) groups excluding carboxylic acids is 1. The Hall–Kier alpha value is 0.130. The van der Waals surface area contributed by atoms with Crippen molar-refractivity contribution in [2.75, 3.05) is 39.4 Å². The molecule has 2 aliphatic heterocycles. The van der Waals surface area contributed by atoms with E-state index in [0.29, 0.717) is 19.7 Å². The summed E-state index contributed by atoms with van der Waals surface area (Å²) in [4.78, 5) is 14.6. The third-order valence-electron chi connectivity index (χ3n) is 4.24. The molecule has 2 fully saturated rings. The highest BCUT2D eigenvalue weighted by molar-refractivity contribution is 14.1. The van der Waals surface area contributed by atoms with Crippen LogP contribution in [0.5, 0.6) is 0 Å². The fraction of sp³-hybridized carbons (Fsp3) is 0.929. The maximum Gasteiger partial charge on any atom is 0.254 e. The Labute approximate surface area is 159 Å². The van der Waals surface area contributed by atoms with Crippen molar-refractivity contribution < 1.29 is 24.1 Å². The number of rotatable bonds is 5. The second kappa shape index (κ2) is 8.68. The Morgan fingerprint density at radius 3 is 2.46 bits per heavy atom. The lowest BCUT2D eigenvalue weighted by molar-refractivity contribution is -0.170. The normalized spacial score (nSPS) is 32.8. The van der Waals surface area contributed by atoms with Crippen LogP contribution in [0.4, 0.5) is 0 Å².